The van der Waals surface area contributed by atoms with E-state index in [0.717, 1.165) is 21.3 Å². The zero-order chi connectivity index (χ0) is 111. The van der Waals surface area contributed by atoms with Crippen molar-refractivity contribution in [3.63, 3.8) is 0 Å². The van der Waals surface area contributed by atoms with Gasteiger partial charge in [-0.25, -0.2) is 12.5 Å². The molecule has 50 nitrogen and oxygen atoms in total. The highest BCUT2D eigenvalue weighted by molar-refractivity contribution is 7.81. The van der Waals surface area contributed by atoms with E-state index in [1.807, 2.05) is 48.5 Å². The van der Waals surface area contributed by atoms with Gasteiger partial charge in [-0.05, 0) is 49.3 Å². The molecule has 11 aliphatic heterocycles. The monoisotopic (exact) mass is 2240 g/mol. The average molecular weight is 2240 g/mol. The average Bonchev–Trinajstić information content (AvgIpc) is 0.754. The summed E-state index contributed by atoms with van der Waals surface area (Å²) in [5.41, 5.74) is 0. The summed E-state index contributed by atoms with van der Waals surface area (Å²) in [6.07, 6.45) is -45.0. The van der Waals surface area contributed by atoms with E-state index in [4.69, 9.17) is 194 Å². The molecular weight excluding hydrogens is 2060 g/mol. The molecule has 53 heteroatoms. The molecule has 11 fully saturated rings. The Balaban J connectivity index is 0.730. The number of hydrogen-bond donors (Lipinski definition) is 3. The van der Waals surface area contributed by atoms with Crippen LogP contribution in [0.15, 0.2) is 0 Å². The molecule has 22 unspecified atom stereocenters. The van der Waals surface area contributed by atoms with Crippen LogP contribution in [0.5, 0.6) is 0 Å². The van der Waals surface area contributed by atoms with Gasteiger partial charge < -0.3 is 180 Å². The molecule has 11 rings (SSSR count). The van der Waals surface area contributed by atoms with E-state index in [1.165, 1.54) is 35.5 Å². The first kappa shape index (κ1) is 127. The third kappa shape index (κ3) is 30.6. The minimum absolute atomic E-state index is 0.00957. The summed E-state index contributed by atoms with van der Waals surface area (Å²) in [5.74, 6) is -3.70. The third-order valence-corrected chi connectivity index (χ3v) is 33.6. The molecule has 0 aromatic rings. The van der Waals surface area contributed by atoms with Gasteiger partial charge in [-0.15, -0.1) is 0 Å². The third-order valence-electron chi connectivity index (χ3n) is 32.2. The maximum atomic E-state index is 13.2. The minimum Gasteiger partial charge on any atom is -0.382 e. The van der Waals surface area contributed by atoms with Gasteiger partial charge in [0.05, 0.1) is 127 Å². The molecule has 0 aliphatic carbocycles. The lowest BCUT2D eigenvalue weighted by Gasteiger charge is -2.53. The van der Waals surface area contributed by atoms with Crippen molar-refractivity contribution in [1.82, 2.24) is 0 Å². The van der Waals surface area contributed by atoms with Crippen molar-refractivity contribution in [1.29, 1.82) is 0 Å². The topological polar surface area (TPSA) is 542 Å². The Bertz CT molecular complexity index is 4290. The number of rotatable bonds is 53. The summed E-state index contributed by atoms with van der Waals surface area (Å²) in [7, 11) is 7.97. The highest BCUT2D eigenvalue weighted by Crippen LogP contribution is 2.50. The molecule has 0 aromatic heterocycles. The van der Waals surface area contributed by atoms with Crippen molar-refractivity contribution >= 4 is 31.2 Å². The van der Waals surface area contributed by atoms with Crippen molar-refractivity contribution in [2.45, 2.75) is 362 Å². The highest BCUT2D eigenvalue weighted by atomic mass is 32.3. The Labute approximate surface area is 885 Å². The fourth-order valence-corrected chi connectivity index (χ4v) is 24.6. The van der Waals surface area contributed by atoms with Gasteiger partial charge in [0.2, 0.25) is 0 Å². The first-order chi connectivity index (χ1) is 71.8. The zero-order valence-electron chi connectivity index (χ0n) is 93.3. The predicted molar refractivity (Wildman–Crippen MR) is 518 cm³/mol. The van der Waals surface area contributed by atoms with Gasteiger partial charge in [0.25, 0.3) is 0 Å². The van der Waals surface area contributed by atoms with Crippen LogP contribution in [-0.2, 0) is 224 Å². The molecule has 3 N–H and O–H groups in total. The lowest BCUT2D eigenvalue weighted by atomic mass is 9.81. The van der Waals surface area contributed by atoms with Crippen LogP contribution in [0.3, 0.4) is 0 Å². The molecule has 0 bridgehead atoms. The first-order valence-corrected chi connectivity index (χ1v) is 55.5. The molecule has 11 heterocycles. The molecule has 0 spiro atoms. The van der Waals surface area contributed by atoms with Gasteiger partial charge in [0.1, 0.15) is 134 Å². The second kappa shape index (κ2) is 58.3. The van der Waals surface area contributed by atoms with E-state index in [0.29, 0.717) is 6.61 Å². The molecule has 11 aliphatic rings. The maximum absolute atomic E-state index is 13.2. The summed E-state index contributed by atoms with van der Waals surface area (Å²) in [6.45, 7) is 27.8. The second-order valence-corrected chi connectivity index (χ2v) is 44.5. The van der Waals surface area contributed by atoms with Gasteiger partial charge in [0.15, 0.2) is 62.9 Å². The fraction of sp³-hybridized carbons (Fsp3) is 1.00. The molecule has 0 aromatic carbocycles. The Kier molecular flexibility index (Phi) is 49.2. The fourth-order valence-electron chi connectivity index (χ4n) is 23.1. The summed E-state index contributed by atoms with van der Waals surface area (Å²) in [4.78, 5) is 0. The van der Waals surface area contributed by atoms with E-state index in [2.05, 4.69) is 48.5 Å². The number of methoxy groups -OCH3 is 17. The normalized spacial score (nSPS) is 46.4. The molecule has 0 saturated carbocycles. The van der Waals surface area contributed by atoms with Gasteiger partial charge in [-0.2, -0.15) is 25.3 Å². The van der Waals surface area contributed by atoms with Crippen molar-refractivity contribution in [3.05, 3.63) is 0 Å². The van der Waals surface area contributed by atoms with Crippen LogP contribution in [0.25, 0.3) is 0 Å². The van der Waals surface area contributed by atoms with Gasteiger partial charge in [-0.1, -0.05) is 90.0 Å². The summed E-state index contributed by atoms with van der Waals surface area (Å²) < 4.78 is 376. The molecule has 0 radical (unpaired) electrons. The quantitative estimate of drug-likeness (QED) is 0.0715. The SMILES string of the molecule is [3H]C[C@H]1O[C@H](O[C@H]2C(C)C(C)[C@@H](O[C@H]3C(COC)O[C@@H](O[C@H]4C(COC)O[C@@H](O[C@H]5C(COC)O[C@@H](O[C@H]6C(COC)O[C@@H](O[C@H]7C(COC)O[C@@H](O[C@H]8C(COC)O[C@@H](C)C(C)[C@H]8C)C(OC)[C@H]7C)C(C)[C@H]6C)C(OC)[C@H]5C)C(C)[C@H]4C)C(OC)[C@H]3C)O[C@@H]2COC)C(C)C(C)[C@@H]1O[C@@H]1OC(COC)[C@H](O[C@@H]2OC(COC)[C@H](O[C@@H]3OC(COC)[C@H](OC)[C@H](OS(=O)(=O)O)C3OC)[C@H](OS(=O)(=O)O)C2OC)[C@H](OS(=O)(=O)O)C1OC. The first-order valence-electron chi connectivity index (χ1n) is 52.1. The zero-order valence-corrected chi connectivity index (χ0v) is 94.7. The standard InChI is InChI=1S/C97H174O50S3/c1-43-44(2)69(58(33-107-16)124-56(43)14)140-92-76(117-26)53(11)73(62(129-92)37-111-20)138-90-51(9)47(5)71(60(127-90)35-109-18)142-94-78(119-28)55(13)75(64(131-94)39-113-22)139-91-52(10)48(6)72(61(128-91)36-110-19)141-93-77(118-27)54(12)74(63(130-93)38-112-21)137-89-50(8)46(4)70(59(126-89)34-108-17)136-88-49(7)45(3)68(57(15)125-88)135-95-86(122-31)83(146-149(101,102)103)80(66(133-95)41-115-24)144-97-87(123-32)84(147-150(104,105)106)81(67(134-97)42-116-25)143-96-85(121-30)82(145-148(98,99)100)79(120-29)65(132-96)40-114-23/h43-97H,33-42H2,1-32H3,(H,98,99,100)(H,101,102,103)(H,104,105,106)/t43?,44-,45?,46?,47-,48-,49?,50?,51?,52?,53+,54+,55+,56+,57-,58?,59-,60?,61?,62?,63?,64?,65?,66?,67?,68+,69-,70+,71-,72-,73-,74-,75-,76?,77?,78?,79+,80+,81+,82+,83+,84+,85?,86?,87?,88-,89-,90+,91+,92+,93+,94+,95+,96+,97+/m1/s1/i15T. The Morgan fingerprint density at radius 2 is 0.353 bits per heavy atom. The molecular formula is C97H174O50S3. The smallest absolute Gasteiger partial charge is 0.382 e. The predicted octanol–water partition coefficient (Wildman–Crippen LogP) is 4.30. The molecule has 880 valence electrons. The molecule has 0 amide bonds. The van der Waals surface area contributed by atoms with Crippen LogP contribution in [0.2, 0.25) is 0 Å². The van der Waals surface area contributed by atoms with Crippen LogP contribution in [0.4, 0.5) is 0 Å². The van der Waals surface area contributed by atoms with Crippen molar-refractivity contribution in [2.24, 2.45) is 76.9 Å². The van der Waals surface area contributed by atoms with Gasteiger partial charge in [-0.3, -0.25) is 13.7 Å². The highest BCUT2D eigenvalue weighted by Gasteiger charge is 2.64. The van der Waals surface area contributed by atoms with Crippen molar-refractivity contribution < 1.29 is 233 Å². The van der Waals surface area contributed by atoms with Crippen LogP contribution >= 0.6 is 0 Å². The maximum Gasteiger partial charge on any atom is 0.397 e. The minimum atomic E-state index is -5.55. The van der Waals surface area contributed by atoms with Crippen molar-refractivity contribution in [2.75, 3.05) is 187 Å². The summed E-state index contributed by atoms with van der Waals surface area (Å²) in [6, 6.07) is 0. The van der Waals surface area contributed by atoms with E-state index >= 15 is 0 Å². The number of ether oxygens (including phenoxy) is 38. The van der Waals surface area contributed by atoms with Crippen molar-refractivity contribution in [3.8, 4) is 0 Å². The molecule has 11 saturated heterocycles. The Hall–Kier alpha value is -1.91. The summed E-state index contributed by atoms with van der Waals surface area (Å²) >= 11 is 0. The molecule has 150 heavy (non-hydrogen) atoms. The van der Waals surface area contributed by atoms with E-state index in [1.54, 1.807) is 64.0 Å². The van der Waals surface area contributed by atoms with Crippen LogP contribution in [0, 0.1) is 76.9 Å². The number of hydrogen-bond acceptors (Lipinski definition) is 47. The van der Waals surface area contributed by atoms with Crippen LogP contribution in [-0.4, -0.2) is 484 Å². The largest absolute Gasteiger partial charge is 0.397 e. The Morgan fingerprint density at radius 1 is 0.180 bits per heavy atom. The van der Waals surface area contributed by atoms with E-state index in [-0.39, 0.29) is 118 Å². The van der Waals surface area contributed by atoms with Crippen LogP contribution in [0.1, 0.15) is 105 Å². The lowest BCUT2D eigenvalue weighted by Crippen LogP contribution is -2.68. The van der Waals surface area contributed by atoms with E-state index < -0.39 is 315 Å². The molecule has 55 atom stereocenters. The lowest BCUT2D eigenvalue weighted by molar-refractivity contribution is -0.388. The van der Waals surface area contributed by atoms with E-state index in [9.17, 15) is 38.9 Å². The van der Waals surface area contributed by atoms with Gasteiger partial charge >= 0.3 is 31.2 Å². The Morgan fingerprint density at radius 3 is 0.587 bits per heavy atom. The summed E-state index contributed by atoms with van der Waals surface area (Å²) in [5, 5.41) is 0. The van der Waals surface area contributed by atoms with Gasteiger partial charge in [0, 0.05) is 164 Å². The van der Waals surface area contributed by atoms with Crippen LogP contribution < -0.4 is 0 Å². The second-order valence-electron chi connectivity index (χ2n) is 41.4.